The highest BCUT2D eigenvalue weighted by atomic mass is 16.5. The minimum atomic E-state index is -0.393. The fourth-order valence-corrected chi connectivity index (χ4v) is 5.31. The average molecular weight is 614 g/mol. The standard InChI is InChI=1S/C37H43NO7/c1-38(20-10-5-12-22-44-34(39)19-18-27-24-32(41-2)36(43-4)33(25-27)42-3)21-11-13-23-45-37(40)35-30-16-8-6-14-28(30)26-29-15-7-9-17-31(29)35/h6-9,14-19,24-26H,5,10-13,20-23H2,1-4H3/b19-18+. The molecule has 8 heteroatoms. The highest BCUT2D eigenvalue weighted by molar-refractivity contribution is 6.16. The number of esters is 2. The van der Waals surface area contributed by atoms with Crippen LogP contribution in [0.5, 0.6) is 17.2 Å². The Morgan fingerprint density at radius 2 is 1.24 bits per heavy atom. The van der Waals surface area contributed by atoms with Crippen molar-refractivity contribution in [2.75, 3.05) is 54.7 Å². The summed E-state index contributed by atoms with van der Waals surface area (Å²) in [6.45, 7) is 2.65. The molecule has 0 spiro atoms. The molecule has 8 nitrogen and oxygen atoms in total. The minimum absolute atomic E-state index is 0.270. The Labute approximate surface area is 265 Å². The Hall–Kier alpha value is -4.56. The van der Waals surface area contributed by atoms with Crippen LogP contribution in [0.2, 0.25) is 0 Å². The van der Waals surface area contributed by atoms with Crippen LogP contribution in [0.4, 0.5) is 0 Å². The summed E-state index contributed by atoms with van der Waals surface area (Å²) in [6, 6.07) is 21.5. The average Bonchev–Trinajstić information content (AvgIpc) is 3.06. The normalized spacial score (nSPS) is 11.3. The molecule has 45 heavy (non-hydrogen) atoms. The van der Waals surface area contributed by atoms with E-state index in [-0.39, 0.29) is 5.97 Å². The van der Waals surface area contributed by atoms with Crippen LogP contribution in [0.1, 0.15) is 48.0 Å². The molecule has 4 aromatic carbocycles. The van der Waals surface area contributed by atoms with Gasteiger partial charge in [-0.25, -0.2) is 9.59 Å². The van der Waals surface area contributed by atoms with Gasteiger partial charge in [-0.1, -0.05) is 48.5 Å². The van der Waals surface area contributed by atoms with Crippen molar-refractivity contribution in [1.82, 2.24) is 4.90 Å². The summed E-state index contributed by atoms with van der Waals surface area (Å²) in [5.74, 6) is 0.870. The molecule has 0 aliphatic rings. The van der Waals surface area contributed by atoms with Crippen molar-refractivity contribution < 1.29 is 33.3 Å². The number of ether oxygens (including phenoxy) is 5. The largest absolute Gasteiger partial charge is 0.493 e. The lowest BCUT2D eigenvalue weighted by atomic mass is 9.97. The number of benzene rings is 4. The van der Waals surface area contributed by atoms with Gasteiger partial charge in [0.15, 0.2) is 11.5 Å². The number of unbranched alkanes of at least 4 members (excludes halogenated alkanes) is 3. The quantitative estimate of drug-likeness (QED) is 0.0531. The van der Waals surface area contributed by atoms with Crippen LogP contribution in [0, 0.1) is 0 Å². The number of rotatable bonds is 17. The highest BCUT2D eigenvalue weighted by Crippen LogP contribution is 2.38. The van der Waals surface area contributed by atoms with Crippen molar-refractivity contribution in [3.05, 3.63) is 83.9 Å². The first-order valence-corrected chi connectivity index (χ1v) is 15.4. The lowest BCUT2D eigenvalue weighted by Crippen LogP contribution is -2.21. The van der Waals surface area contributed by atoms with Gasteiger partial charge in [-0.2, -0.15) is 0 Å². The van der Waals surface area contributed by atoms with Gasteiger partial charge >= 0.3 is 11.9 Å². The number of carbonyl (C=O) groups excluding carboxylic acids is 2. The van der Waals surface area contributed by atoms with Gasteiger partial charge in [-0.3, -0.25) is 0 Å². The minimum Gasteiger partial charge on any atom is -0.493 e. The molecule has 0 radical (unpaired) electrons. The Balaban J connectivity index is 1.09. The van der Waals surface area contributed by atoms with Crippen molar-refractivity contribution in [1.29, 1.82) is 0 Å². The third kappa shape index (κ3) is 9.22. The topological polar surface area (TPSA) is 83.5 Å². The summed E-state index contributed by atoms with van der Waals surface area (Å²) in [4.78, 5) is 27.6. The van der Waals surface area contributed by atoms with Crippen molar-refractivity contribution in [3.8, 4) is 17.2 Å². The number of fused-ring (bicyclic) bond motifs is 2. The zero-order chi connectivity index (χ0) is 32.0. The molecule has 0 bridgehead atoms. The fourth-order valence-electron chi connectivity index (χ4n) is 5.31. The van der Waals surface area contributed by atoms with Gasteiger partial charge in [-0.05, 0) is 104 Å². The van der Waals surface area contributed by atoms with Crippen molar-refractivity contribution in [3.63, 3.8) is 0 Å². The zero-order valence-corrected chi connectivity index (χ0v) is 26.7. The lowest BCUT2D eigenvalue weighted by molar-refractivity contribution is -0.137. The van der Waals surface area contributed by atoms with Crippen LogP contribution in [-0.2, 0) is 14.3 Å². The van der Waals surface area contributed by atoms with Crippen LogP contribution in [-0.4, -0.2) is 71.5 Å². The second-order valence-corrected chi connectivity index (χ2v) is 10.9. The summed E-state index contributed by atoms with van der Waals surface area (Å²) in [5, 5.41) is 3.91. The zero-order valence-electron chi connectivity index (χ0n) is 26.7. The van der Waals surface area contributed by atoms with Crippen molar-refractivity contribution in [2.24, 2.45) is 0 Å². The predicted octanol–water partition coefficient (Wildman–Crippen LogP) is 7.31. The van der Waals surface area contributed by atoms with Gasteiger partial charge < -0.3 is 28.6 Å². The molecule has 0 aliphatic carbocycles. The molecule has 0 heterocycles. The molecule has 0 amide bonds. The molecule has 4 aromatic rings. The molecule has 238 valence electrons. The van der Waals surface area contributed by atoms with Crippen LogP contribution < -0.4 is 14.2 Å². The van der Waals surface area contributed by atoms with E-state index in [9.17, 15) is 9.59 Å². The summed E-state index contributed by atoms with van der Waals surface area (Å²) in [6.07, 6.45) is 7.58. The van der Waals surface area contributed by atoms with E-state index in [4.69, 9.17) is 23.7 Å². The summed E-state index contributed by atoms with van der Waals surface area (Å²) in [5.41, 5.74) is 1.38. The monoisotopic (exact) mass is 613 g/mol. The summed E-state index contributed by atoms with van der Waals surface area (Å²) < 4.78 is 27.1. The first-order chi connectivity index (χ1) is 21.9. The second-order valence-electron chi connectivity index (χ2n) is 10.9. The molecule has 0 aromatic heterocycles. The van der Waals surface area contributed by atoms with E-state index in [0.29, 0.717) is 36.0 Å². The van der Waals surface area contributed by atoms with E-state index in [1.54, 1.807) is 39.5 Å². The Morgan fingerprint density at radius 1 is 0.689 bits per heavy atom. The molecule has 0 unspecified atom stereocenters. The van der Waals surface area contributed by atoms with Crippen molar-refractivity contribution >= 4 is 39.6 Å². The van der Waals surface area contributed by atoms with Gasteiger partial charge in [0.1, 0.15) is 0 Å². The molecule has 0 atom stereocenters. The maximum absolute atomic E-state index is 13.1. The Kier molecular flexibility index (Phi) is 12.6. The highest BCUT2D eigenvalue weighted by Gasteiger charge is 2.16. The van der Waals surface area contributed by atoms with Crippen LogP contribution in [0.25, 0.3) is 27.6 Å². The van der Waals surface area contributed by atoms with Gasteiger partial charge in [0.25, 0.3) is 0 Å². The van der Waals surface area contributed by atoms with E-state index in [1.807, 2.05) is 48.5 Å². The summed E-state index contributed by atoms with van der Waals surface area (Å²) >= 11 is 0. The van der Waals surface area contributed by atoms with Crippen LogP contribution in [0.3, 0.4) is 0 Å². The van der Waals surface area contributed by atoms with E-state index in [2.05, 4.69) is 18.0 Å². The molecule has 0 aliphatic heterocycles. The van der Waals surface area contributed by atoms with E-state index in [0.717, 1.165) is 72.3 Å². The Bertz CT molecular complexity index is 1530. The molecule has 4 rings (SSSR count). The number of methoxy groups -OCH3 is 3. The van der Waals surface area contributed by atoms with Gasteiger partial charge in [0.2, 0.25) is 5.75 Å². The first-order valence-electron chi connectivity index (χ1n) is 15.4. The maximum Gasteiger partial charge on any atom is 0.339 e. The van der Waals surface area contributed by atoms with E-state index < -0.39 is 5.97 Å². The van der Waals surface area contributed by atoms with Gasteiger partial charge in [-0.15, -0.1) is 0 Å². The van der Waals surface area contributed by atoms with E-state index in [1.165, 1.54) is 6.08 Å². The summed E-state index contributed by atoms with van der Waals surface area (Å²) in [7, 11) is 6.74. The smallest absolute Gasteiger partial charge is 0.339 e. The third-order valence-electron chi connectivity index (χ3n) is 7.67. The van der Waals surface area contributed by atoms with Gasteiger partial charge in [0.05, 0.1) is 40.1 Å². The van der Waals surface area contributed by atoms with Gasteiger partial charge in [0, 0.05) is 6.08 Å². The molecule has 0 saturated carbocycles. The number of nitrogens with zero attached hydrogens (tertiary/aromatic N) is 1. The molecular weight excluding hydrogens is 570 g/mol. The second kappa shape index (κ2) is 17.1. The van der Waals surface area contributed by atoms with E-state index >= 15 is 0 Å². The Morgan fingerprint density at radius 3 is 1.84 bits per heavy atom. The molecule has 0 N–H and O–H groups in total. The predicted molar refractivity (Wildman–Crippen MR) is 178 cm³/mol. The number of carbonyl (C=O) groups is 2. The third-order valence-corrected chi connectivity index (χ3v) is 7.67. The SMILES string of the molecule is COc1cc(/C=C/C(=O)OCCCCCN(C)CCCCOC(=O)c2c3ccccc3cc3ccccc23)cc(OC)c1OC. The van der Waals surface area contributed by atoms with Crippen LogP contribution >= 0.6 is 0 Å². The fraction of sp³-hybridized carbons (Fsp3) is 0.351. The van der Waals surface area contributed by atoms with Crippen LogP contribution in [0.15, 0.2) is 72.8 Å². The molecule has 0 saturated heterocycles. The molecule has 0 fully saturated rings. The number of hydrogen-bond acceptors (Lipinski definition) is 8. The maximum atomic E-state index is 13.1. The lowest BCUT2D eigenvalue weighted by Gasteiger charge is -2.16. The number of hydrogen-bond donors (Lipinski definition) is 0. The molecular formula is C37H43NO7. The van der Waals surface area contributed by atoms with Crippen molar-refractivity contribution in [2.45, 2.75) is 32.1 Å². The first kappa shape index (κ1) is 33.3.